The molecule has 0 aromatic carbocycles. The van der Waals surface area contributed by atoms with Crippen molar-refractivity contribution in [2.75, 3.05) is 7.05 Å². The number of amides is 1. The van der Waals surface area contributed by atoms with Crippen molar-refractivity contribution < 1.29 is 4.79 Å². The first kappa shape index (κ1) is 8.42. The number of hydrazine groups is 1. The molecule has 1 aliphatic rings. The van der Waals surface area contributed by atoms with Gasteiger partial charge in [0.15, 0.2) is 5.11 Å². The van der Waals surface area contributed by atoms with E-state index in [4.69, 9.17) is 18.1 Å². The maximum atomic E-state index is 11.2. The van der Waals surface area contributed by atoms with Gasteiger partial charge in [-0.15, -0.1) is 0 Å². The van der Waals surface area contributed by atoms with Crippen LogP contribution in [0.3, 0.4) is 0 Å². The standard InChI is InChI=1S/C6H11N3OS/c1-9(6(11)8-7)5(10)4-2-3-4/h4H,2-3,7H2,1H3,(H,8,11). The third kappa shape index (κ3) is 1.87. The Morgan fingerprint density at radius 3 is 2.64 bits per heavy atom. The summed E-state index contributed by atoms with van der Waals surface area (Å²) in [5.74, 6) is 5.30. The quantitative estimate of drug-likeness (QED) is 0.322. The topological polar surface area (TPSA) is 58.4 Å². The molecule has 3 N–H and O–H groups in total. The van der Waals surface area contributed by atoms with Crippen LogP contribution in [0.1, 0.15) is 12.8 Å². The van der Waals surface area contributed by atoms with Gasteiger partial charge in [-0.05, 0) is 25.1 Å². The number of hydrogen-bond acceptors (Lipinski definition) is 3. The normalized spacial score (nSPS) is 15.8. The zero-order valence-corrected chi connectivity index (χ0v) is 7.15. The third-order valence-corrected chi connectivity index (χ3v) is 2.08. The van der Waals surface area contributed by atoms with Crippen LogP contribution in [0.25, 0.3) is 0 Å². The van der Waals surface area contributed by atoms with Gasteiger partial charge >= 0.3 is 0 Å². The fraction of sp³-hybridized carbons (Fsp3) is 0.667. The molecule has 4 nitrogen and oxygen atoms in total. The first-order chi connectivity index (χ1) is 5.16. The highest BCUT2D eigenvalue weighted by atomic mass is 32.1. The van der Waals surface area contributed by atoms with Crippen LogP contribution in [0.5, 0.6) is 0 Å². The van der Waals surface area contributed by atoms with Crippen molar-refractivity contribution in [3.8, 4) is 0 Å². The van der Waals surface area contributed by atoms with E-state index in [1.807, 2.05) is 0 Å². The lowest BCUT2D eigenvalue weighted by atomic mass is 10.4. The van der Waals surface area contributed by atoms with Crippen molar-refractivity contribution in [3.63, 3.8) is 0 Å². The van der Waals surface area contributed by atoms with Crippen LogP contribution in [0.2, 0.25) is 0 Å². The van der Waals surface area contributed by atoms with Crippen molar-refractivity contribution in [2.24, 2.45) is 11.8 Å². The summed E-state index contributed by atoms with van der Waals surface area (Å²) in [7, 11) is 1.63. The maximum absolute atomic E-state index is 11.2. The Morgan fingerprint density at radius 2 is 2.27 bits per heavy atom. The maximum Gasteiger partial charge on any atom is 0.231 e. The average molecular weight is 173 g/mol. The lowest BCUT2D eigenvalue weighted by molar-refractivity contribution is -0.127. The molecule has 1 amide bonds. The van der Waals surface area contributed by atoms with Gasteiger partial charge in [0, 0.05) is 13.0 Å². The van der Waals surface area contributed by atoms with Gasteiger partial charge in [0.25, 0.3) is 0 Å². The molecule has 0 radical (unpaired) electrons. The highest BCUT2D eigenvalue weighted by Gasteiger charge is 2.32. The number of rotatable bonds is 1. The van der Waals surface area contributed by atoms with Crippen molar-refractivity contribution in [3.05, 3.63) is 0 Å². The second-order valence-corrected chi connectivity index (χ2v) is 3.01. The van der Waals surface area contributed by atoms with Crippen LogP contribution in [-0.4, -0.2) is 23.0 Å². The summed E-state index contributed by atoms with van der Waals surface area (Å²) in [5, 5.41) is 0.280. The van der Waals surface area contributed by atoms with Crippen molar-refractivity contribution in [1.29, 1.82) is 0 Å². The summed E-state index contributed by atoms with van der Waals surface area (Å²) in [5.41, 5.74) is 2.26. The van der Waals surface area contributed by atoms with Gasteiger partial charge in [0.05, 0.1) is 0 Å². The summed E-state index contributed by atoms with van der Waals surface area (Å²) in [6.07, 6.45) is 1.96. The summed E-state index contributed by atoms with van der Waals surface area (Å²) < 4.78 is 0. The highest BCUT2D eigenvalue weighted by Crippen LogP contribution is 2.30. The monoisotopic (exact) mass is 173 g/mol. The highest BCUT2D eigenvalue weighted by molar-refractivity contribution is 7.80. The van der Waals surface area contributed by atoms with E-state index in [0.717, 1.165) is 12.8 Å². The SMILES string of the molecule is CN(C(=O)C1CC1)C(=S)NN. The summed E-state index contributed by atoms with van der Waals surface area (Å²) in [6.45, 7) is 0. The van der Waals surface area contributed by atoms with E-state index < -0.39 is 0 Å². The third-order valence-electron chi connectivity index (χ3n) is 1.69. The number of nitrogens with two attached hydrogens (primary N) is 1. The van der Waals surface area contributed by atoms with Gasteiger partial charge in [-0.2, -0.15) is 0 Å². The molecule has 0 atom stereocenters. The smallest absolute Gasteiger partial charge is 0.231 e. The molecule has 0 unspecified atom stereocenters. The molecule has 1 aliphatic carbocycles. The number of nitrogens with zero attached hydrogens (tertiary/aromatic N) is 1. The van der Waals surface area contributed by atoms with Crippen molar-refractivity contribution in [1.82, 2.24) is 10.3 Å². The molecule has 0 bridgehead atoms. The Kier molecular flexibility index (Phi) is 2.41. The fourth-order valence-corrected chi connectivity index (χ4v) is 0.891. The minimum atomic E-state index is 0.0629. The van der Waals surface area contributed by atoms with Crippen LogP contribution in [-0.2, 0) is 4.79 Å². The van der Waals surface area contributed by atoms with Crippen LogP contribution < -0.4 is 11.3 Å². The van der Waals surface area contributed by atoms with Crippen LogP contribution in [0, 0.1) is 5.92 Å². The zero-order chi connectivity index (χ0) is 8.43. The van der Waals surface area contributed by atoms with Crippen molar-refractivity contribution in [2.45, 2.75) is 12.8 Å². The first-order valence-electron chi connectivity index (χ1n) is 3.45. The molecule has 1 rings (SSSR count). The minimum Gasteiger partial charge on any atom is -0.300 e. The molecule has 5 heteroatoms. The number of carbonyl (C=O) groups is 1. The lowest BCUT2D eigenvalue weighted by Gasteiger charge is -2.16. The Balaban J connectivity index is 2.44. The largest absolute Gasteiger partial charge is 0.300 e. The number of hydrogen-bond donors (Lipinski definition) is 2. The van der Waals surface area contributed by atoms with Gasteiger partial charge in [-0.3, -0.25) is 9.69 Å². The van der Waals surface area contributed by atoms with Crippen LogP contribution >= 0.6 is 12.2 Å². The van der Waals surface area contributed by atoms with Crippen LogP contribution in [0.15, 0.2) is 0 Å². The van der Waals surface area contributed by atoms with E-state index in [9.17, 15) is 4.79 Å². The molecule has 0 aromatic rings. The predicted molar refractivity (Wildman–Crippen MR) is 45.4 cm³/mol. The molecule has 0 aromatic heterocycles. The van der Waals surface area contributed by atoms with E-state index in [-0.39, 0.29) is 16.9 Å². The van der Waals surface area contributed by atoms with Gasteiger partial charge in [0.2, 0.25) is 5.91 Å². The van der Waals surface area contributed by atoms with E-state index in [0.29, 0.717) is 0 Å². The summed E-state index contributed by atoms with van der Waals surface area (Å²) in [4.78, 5) is 12.6. The molecule has 62 valence electrons. The van der Waals surface area contributed by atoms with Gasteiger partial charge in [-0.1, -0.05) is 0 Å². The molecule has 0 aliphatic heterocycles. The number of nitrogens with one attached hydrogen (secondary N) is 1. The molecule has 0 heterocycles. The number of carbonyl (C=O) groups excluding carboxylic acids is 1. The minimum absolute atomic E-state index is 0.0629. The predicted octanol–water partition coefficient (Wildman–Crippen LogP) is -0.397. The van der Waals surface area contributed by atoms with Gasteiger partial charge in [-0.25, -0.2) is 5.84 Å². The Labute approximate surface area is 70.7 Å². The Morgan fingerprint density at radius 1 is 1.73 bits per heavy atom. The van der Waals surface area contributed by atoms with Crippen molar-refractivity contribution >= 4 is 23.2 Å². The Hall–Kier alpha value is -0.680. The zero-order valence-electron chi connectivity index (χ0n) is 6.33. The number of thiocarbonyl (C=S) groups is 1. The van der Waals surface area contributed by atoms with Gasteiger partial charge in [0.1, 0.15) is 0 Å². The molecular weight excluding hydrogens is 162 g/mol. The second-order valence-electron chi connectivity index (χ2n) is 2.62. The summed E-state index contributed by atoms with van der Waals surface area (Å²) >= 11 is 4.77. The van der Waals surface area contributed by atoms with Crippen LogP contribution in [0.4, 0.5) is 0 Å². The molecular formula is C6H11N3OS. The van der Waals surface area contributed by atoms with Gasteiger partial charge < -0.3 is 5.43 Å². The molecule has 1 saturated carbocycles. The first-order valence-corrected chi connectivity index (χ1v) is 3.85. The average Bonchev–Trinajstić information content (AvgIpc) is 2.82. The Bertz CT molecular complexity index is 190. The van der Waals surface area contributed by atoms with E-state index in [1.54, 1.807) is 7.05 Å². The van der Waals surface area contributed by atoms with E-state index in [1.165, 1.54) is 4.90 Å². The molecule has 0 saturated heterocycles. The summed E-state index contributed by atoms with van der Waals surface area (Å²) in [6, 6.07) is 0. The molecule has 1 fully saturated rings. The lowest BCUT2D eigenvalue weighted by Crippen LogP contribution is -2.44. The fourth-order valence-electron chi connectivity index (χ4n) is 0.801. The van der Waals surface area contributed by atoms with E-state index >= 15 is 0 Å². The second kappa shape index (κ2) is 3.15. The molecule has 11 heavy (non-hydrogen) atoms. The van der Waals surface area contributed by atoms with E-state index in [2.05, 4.69) is 5.43 Å². The molecule has 0 spiro atoms.